The average Bonchev–Trinajstić information content (AvgIpc) is 2.28. The van der Waals surface area contributed by atoms with Gasteiger partial charge in [0.2, 0.25) is 0 Å². The Morgan fingerprint density at radius 3 is 2.25 bits per heavy atom. The van der Waals surface area contributed by atoms with E-state index in [1.165, 1.54) is 45.6 Å². The van der Waals surface area contributed by atoms with Gasteiger partial charge in [-0.05, 0) is 39.7 Å². The van der Waals surface area contributed by atoms with Gasteiger partial charge in [-0.1, -0.05) is 6.92 Å². The highest BCUT2D eigenvalue weighted by Crippen LogP contribution is 2.09. The summed E-state index contributed by atoms with van der Waals surface area (Å²) in [7, 11) is 0. The molecule has 2 atom stereocenters. The van der Waals surface area contributed by atoms with Crippen molar-refractivity contribution in [3.8, 4) is 0 Å². The van der Waals surface area contributed by atoms with Gasteiger partial charge < -0.3 is 10.6 Å². The first-order valence-electron chi connectivity index (χ1n) is 6.85. The molecular weight excluding hydrogens is 198 g/mol. The van der Waals surface area contributed by atoms with E-state index in [1.54, 1.807) is 0 Å². The highest BCUT2D eigenvalue weighted by Gasteiger charge is 2.19. The summed E-state index contributed by atoms with van der Waals surface area (Å²) in [5.74, 6) is 0. The third-order valence-electron chi connectivity index (χ3n) is 3.75. The van der Waals surface area contributed by atoms with Crippen LogP contribution in [0.5, 0.6) is 0 Å². The molecule has 0 bridgehead atoms. The van der Waals surface area contributed by atoms with Crippen LogP contribution in [-0.2, 0) is 0 Å². The second-order valence-corrected chi connectivity index (χ2v) is 5.25. The third kappa shape index (κ3) is 4.81. The summed E-state index contributed by atoms with van der Waals surface area (Å²) in [4.78, 5) is 5.20. The number of piperazine rings is 1. The summed E-state index contributed by atoms with van der Waals surface area (Å²) in [6, 6.07) is 1.12. The van der Waals surface area contributed by atoms with Gasteiger partial charge in [0, 0.05) is 38.3 Å². The summed E-state index contributed by atoms with van der Waals surface area (Å²) in [5.41, 5.74) is 5.76. The molecule has 0 saturated carbocycles. The standard InChI is InChI=1S/C13H29N3/c1-4-13(3)16-10-8-15(9-11-16)7-5-6-12(2)14/h12-13H,4-11,14H2,1-3H3. The van der Waals surface area contributed by atoms with Gasteiger partial charge in [0.25, 0.3) is 0 Å². The van der Waals surface area contributed by atoms with Gasteiger partial charge in [-0.25, -0.2) is 0 Å². The van der Waals surface area contributed by atoms with Crippen LogP contribution < -0.4 is 5.73 Å². The van der Waals surface area contributed by atoms with Gasteiger partial charge in [-0.15, -0.1) is 0 Å². The van der Waals surface area contributed by atoms with Crippen molar-refractivity contribution >= 4 is 0 Å². The Morgan fingerprint density at radius 1 is 1.12 bits per heavy atom. The van der Waals surface area contributed by atoms with E-state index in [9.17, 15) is 0 Å². The predicted molar refractivity (Wildman–Crippen MR) is 70.6 cm³/mol. The van der Waals surface area contributed by atoms with Crippen LogP contribution in [0.25, 0.3) is 0 Å². The fraction of sp³-hybridized carbons (Fsp3) is 1.00. The molecule has 3 nitrogen and oxygen atoms in total. The molecule has 0 radical (unpaired) electrons. The lowest BCUT2D eigenvalue weighted by molar-refractivity contribution is 0.0993. The second kappa shape index (κ2) is 7.25. The molecule has 1 fully saturated rings. The molecule has 96 valence electrons. The number of nitrogens with two attached hydrogens (primary N) is 1. The van der Waals surface area contributed by atoms with Crippen LogP contribution in [0.4, 0.5) is 0 Å². The molecule has 1 aliphatic rings. The maximum Gasteiger partial charge on any atom is 0.0113 e. The van der Waals surface area contributed by atoms with Crippen molar-refractivity contribution in [1.82, 2.24) is 9.80 Å². The van der Waals surface area contributed by atoms with Crippen molar-refractivity contribution < 1.29 is 0 Å². The fourth-order valence-corrected chi connectivity index (χ4v) is 2.32. The van der Waals surface area contributed by atoms with Crippen LogP contribution in [0.1, 0.15) is 40.0 Å². The van der Waals surface area contributed by atoms with Gasteiger partial charge >= 0.3 is 0 Å². The SMILES string of the molecule is CCC(C)N1CCN(CCCC(C)N)CC1. The lowest BCUT2D eigenvalue weighted by Crippen LogP contribution is -2.49. The Morgan fingerprint density at radius 2 is 1.75 bits per heavy atom. The van der Waals surface area contributed by atoms with E-state index >= 15 is 0 Å². The normalized spacial score (nSPS) is 23.2. The van der Waals surface area contributed by atoms with E-state index in [0.29, 0.717) is 6.04 Å². The van der Waals surface area contributed by atoms with Crippen molar-refractivity contribution in [1.29, 1.82) is 0 Å². The molecule has 3 heteroatoms. The lowest BCUT2D eigenvalue weighted by Gasteiger charge is -2.37. The molecule has 0 aromatic heterocycles. The Labute approximate surface area is 101 Å². The fourth-order valence-electron chi connectivity index (χ4n) is 2.32. The molecule has 0 amide bonds. The summed E-state index contributed by atoms with van der Waals surface area (Å²) in [5, 5.41) is 0. The van der Waals surface area contributed by atoms with Crippen LogP contribution >= 0.6 is 0 Å². The molecule has 1 saturated heterocycles. The molecule has 2 N–H and O–H groups in total. The summed E-state index contributed by atoms with van der Waals surface area (Å²) < 4.78 is 0. The third-order valence-corrected chi connectivity index (χ3v) is 3.75. The van der Waals surface area contributed by atoms with Crippen LogP contribution in [0.15, 0.2) is 0 Å². The highest BCUT2D eigenvalue weighted by molar-refractivity contribution is 4.75. The number of hydrogen-bond acceptors (Lipinski definition) is 3. The van der Waals surface area contributed by atoms with Gasteiger partial charge in [-0.2, -0.15) is 0 Å². The molecule has 0 aromatic rings. The topological polar surface area (TPSA) is 32.5 Å². The summed E-state index contributed by atoms with van der Waals surface area (Å²) in [6.07, 6.45) is 3.68. The Hall–Kier alpha value is -0.120. The molecule has 0 aliphatic carbocycles. The van der Waals surface area contributed by atoms with Crippen molar-refractivity contribution in [3.05, 3.63) is 0 Å². The minimum atomic E-state index is 0.362. The first-order valence-corrected chi connectivity index (χ1v) is 6.85. The van der Waals surface area contributed by atoms with E-state index in [-0.39, 0.29) is 0 Å². The second-order valence-electron chi connectivity index (χ2n) is 5.25. The van der Waals surface area contributed by atoms with E-state index < -0.39 is 0 Å². The van der Waals surface area contributed by atoms with Crippen molar-refractivity contribution in [2.45, 2.75) is 52.1 Å². The zero-order valence-corrected chi connectivity index (χ0v) is 11.3. The molecule has 1 rings (SSSR count). The Kier molecular flexibility index (Phi) is 6.32. The number of nitrogens with zero attached hydrogens (tertiary/aromatic N) is 2. The molecule has 0 spiro atoms. The van der Waals surface area contributed by atoms with Crippen LogP contribution in [0.3, 0.4) is 0 Å². The quantitative estimate of drug-likeness (QED) is 0.747. The van der Waals surface area contributed by atoms with Crippen molar-refractivity contribution in [2.24, 2.45) is 5.73 Å². The van der Waals surface area contributed by atoms with Gasteiger partial charge in [0.1, 0.15) is 0 Å². The average molecular weight is 227 g/mol. The van der Waals surface area contributed by atoms with Gasteiger partial charge in [0.05, 0.1) is 0 Å². The largest absolute Gasteiger partial charge is 0.328 e. The maximum absolute atomic E-state index is 5.76. The molecular formula is C13H29N3. The Balaban J connectivity index is 2.12. The summed E-state index contributed by atoms with van der Waals surface area (Å²) in [6.45, 7) is 12.9. The highest BCUT2D eigenvalue weighted by atomic mass is 15.3. The molecule has 1 aliphatic heterocycles. The van der Waals surface area contributed by atoms with E-state index in [0.717, 1.165) is 12.5 Å². The van der Waals surface area contributed by atoms with E-state index in [1.807, 2.05) is 0 Å². The first-order chi connectivity index (χ1) is 7.63. The zero-order chi connectivity index (χ0) is 12.0. The molecule has 16 heavy (non-hydrogen) atoms. The van der Waals surface area contributed by atoms with E-state index in [2.05, 4.69) is 30.6 Å². The van der Waals surface area contributed by atoms with Crippen molar-refractivity contribution in [2.75, 3.05) is 32.7 Å². The lowest BCUT2D eigenvalue weighted by atomic mass is 10.1. The minimum Gasteiger partial charge on any atom is -0.328 e. The summed E-state index contributed by atoms with van der Waals surface area (Å²) >= 11 is 0. The van der Waals surface area contributed by atoms with Gasteiger partial charge in [-0.3, -0.25) is 4.90 Å². The maximum atomic E-state index is 5.76. The van der Waals surface area contributed by atoms with Crippen LogP contribution in [0.2, 0.25) is 0 Å². The zero-order valence-electron chi connectivity index (χ0n) is 11.3. The Bertz CT molecular complexity index is 174. The smallest absolute Gasteiger partial charge is 0.0113 e. The van der Waals surface area contributed by atoms with E-state index in [4.69, 9.17) is 5.73 Å². The number of hydrogen-bond donors (Lipinski definition) is 1. The number of rotatable bonds is 6. The molecule has 2 unspecified atom stereocenters. The van der Waals surface area contributed by atoms with Gasteiger partial charge in [0.15, 0.2) is 0 Å². The predicted octanol–water partition coefficient (Wildman–Crippen LogP) is 1.53. The first kappa shape index (κ1) is 13.9. The molecule has 1 heterocycles. The van der Waals surface area contributed by atoms with Crippen molar-refractivity contribution in [3.63, 3.8) is 0 Å². The molecule has 0 aromatic carbocycles. The monoisotopic (exact) mass is 227 g/mol. The minimum absolute atomic E-state index is 0.362. The van der Waals surface area contributed by atoms with Crippen LogP contribution in [0, 0.1) is 0 Å². The van der Waals surface area contributed by atoms with Crippen LogP contribution in [-0.4, -0.2) is 54.6 Å².